The van der Waals surface area contributed by atoms with Crippen molar-refractivity contribution in [3.8, 4) is 0 Å². The van der Waals surface area contributed by atoms with Gasteiger partial charge in [-0.05, 0) is 37.1 Å². The molecule has 1 aliphatic rings. The lowest BCUT2D eigenvalue weighted by Crippen LogP contribution is -2.43. The number of thiophene rings is 1. The highest BCUT2D eigenvalue weighted by molar-refractivity contribution is 8.00. The fourth-order valence-electron chi connectivity index (χ4n) is 1.90. The second kappa shape index (κ2) is 5.55. The Morgan fingerprint density at radius 1 is 1.60 bits per heavy atom. The summed E-state index contributed by atoms with van der Waals surface area (Å²) in [5, 5.41) is 0.663. The second-order valence-electron chi connectivity index (χ2n) is 3.73. The fraction of sp³-hybridized carbons (Fsp3) is 0.600. The molecular formula is C10H15ClN2S2. The lowest BCUT2D eigenvalue weighted by Gasteiger charge is -2.21. The molecule has 15 heavy (non-hydrogen) atoms. The SMILES string of the molecule is NNC(Cc1ccc(Cl)s1)C1CCCS1. The summed E-state index contributed by atoms with van der Waals surface area (Å²) in [6, 6.07) is 4.43. The maximum absolute atomic E-state index is 5.91. The van der Waals surface area contributed by atoms with Crippen LogP contribution in [0.4, 0.5) is 0 Å². The maximum atomic E-state index is 5.91. The first-order valence-corrected chi connectivity index (χ1v) is 7.36. The molecule has 0 spiro atoms. The van der Waals surface area contributed by atoms with E-state index < -0.39 is 0 Å². The summed E-state index contributed by atoms with van der Waals surface area (Å²) in [6.07, 6.45) is 3.59. The Labute approximate surface area is 104 Å². The first-order valence-electron chi connectivity index (χ1n) is 5.11. The Kier molecular flexibility index (Phi) is 4.34. The number of nitrogens with one attached hydrogen (secondary N) is 1. The van der Waals surface area contributed by atoms with Crippen LogP contribution in [0, 0.1) is 0 Å². The van der Waals surface area contributed by atoms with Crippen LogP contribution in [-0.4, -0.2) is 17.0 Å². The van der Waals surface area contributed by atoms with Gasteiger partial charge in [-0.25, -0.2) is 0 Å². The first kappa shape index (κ1) is 11.7. The van der Waals surface area contributed by atoms with E-state index in [2.05, 4.69) is 11.5 Å². The van der Waals surface area contributed by atoms with Gasteiger partial charge in [-0.2, -0.15) is 11.8 Å². The normalized spacial score (nSPS) is 23.2. The van der Waals surface area contributed by atoms with E-state index in [1.807, 2.05) is 17.8 Å². The quantitative estimate of drug-likeness (QED) is 0.647. The molecule has 2 atom stereocenters. The third kappa shape index (κ3) is 3.11. The number of hydrogen-bond donors (Lipinski definition) is 2. The molecule has 2 heterocycles. The largest absolute Gasteiger partial charge is 0.271 e. The van der Waals surface area contributed by atoms with Crippen LogP contribution in [0.3, 0.4) is 0 Å². The Balaban J connectivity index is 1.95. The van der Waals surface area contributed by atoms with E-state index in [0.717, 1.165) is 10.8 Å². The number of hydrogen-bond acceptors (Lipinski definition) is 4. The van der Waals surface area contributed by atoms with E-state index in [1.54, 1.807) is 11.3 Å². The Morgan fingerprint density at radius 2 is 2.47 bits per heavy atom. The van der Waals surface area contributed by atoms with Crippen LogP contribution < -0.4 is 11.3 Å². The molecular weight excluding hydrogens is 248 g/mol. The highest BCUT2D eigenvalue weighted by Crippen LogP contribution is 2.31. The summed E-state index contributed by atoms with van der Waals surface area (Å²) < 4.78 is 0.861. The highest BCUT2D eigenvalue weighted by Gasteiger charge is 2.25. The minimum absolute atomic E-state index is 0.382. The van der Waals surface area contributed by atoms with Crippen molar-refractivity contribution in [1.82, 2.24) is 5.43 Å². The molecule has 0 radical (unpaired) electrons. The average molecular weight is 263 g/mol. The van der Waals surface area contributed by atoms with Crippen LogP contribution in [0.2, 0.25) is 4.34 Å². The van der Waals surface area contributed by atoms with Crippen LogP contribution in [-0.2, 0) is 6.42 Å². The molecule has 1 saturated heterocycles. The lowest BCUT2D eigenvalue weighted by molar-refractivity contribution is 0.498. The molecule has 0 bridgehead atoms. The summed E-state index contributed by atoms with van der Waals surface area (Å²) in [6.45, 7) is 0. The third-order valence-electron chi connectivity index (χ3n) is 2.68. The van der Waals surface area contributed by atoms with E-state index in [-0.39, 0.29) is 0 Å². The Morgan fingerprint density at radius 3 is 3.00 bits per heavy atom. The first-order chi connectivity index (χ1) is 7.29. The van der Waals surface area contributed by atoms with Gasteiger partial charge in [0.2, 0.25) is 0 Å². The van der Waals surface area contributed by atoms with Crippen LogP contribution in [0.25, 0.3) is 0 Å². The third-order valence-corrected chi connectivity index (χ3v) is 5.45. The molecule has 2 unspecified atom stereocenters. The number of nitrogens with two attached hydrogens (primary N) is 1. The molecule has 0 amide bonds. The van der Waals surface area contributed by atoms with Gasteiger partial charge < -0.3 is 0 Å². The van der Waals surface area contributed by atoms with E-state index in [4.69, 9.17) is 17.4 Å². The minimum Gasteiger partial charge on any atom is -0.271 e. The molecule has 0 saturated carbocycles. The van der Waals surface area contributed by atoms with Gasteiger partial charge in [0.05, 0.1) is 4.34 Å². The summed E-state index contributed by atoms with van der Waals surface area (Å²) in [5.41, 5.74) is 2.94. The van der Waals surface area contributed by atoms with Crippen molar-refractivity contribution in [1.29, 1.82) is 0 Å². The molecule has 84 valence electrons. The van der Waals surface area contributed by atoms with Gasteiger partial charge in [-0.3, -0.25) is 11.3 Å². The molecule has 5 heteroatoms. The zero-order valence-corrected chi connectivity index (χ0v) is 10.8. The van der Waals surface area contributed by atoms with Crippen molar-refractivity contribution in [2.24, 2.45) is 5.84 Å². The fourth-order valence-corrected chi connectivity index (χ4v) is 4.42. The van der Waals surface area contributed by atoms with Gasteiger partial charge in [0, 0.05) is 16.2 Å². The predicted molar refractivity (Wildman–Crippen MR) is 69.6 cm³/mol. The maximum Gasteiger partial charge on any atom is 0.0931 e. The van der Waals surface area contributed by atoms with Crippen LogP contribution >= 0.6 is 34.7 Å². The smallest absolute Gasteiger partial charge is 0.0931 e. The molecule has 0 aliphatic carbocycles. The van der Waals surface area contributed by atoms with Gasteiger partial charge in [-0.15, -0.1) is 11.3 Å². The lowest BCUT2D eigenvalue weighted by atomic mass is 10.1. The number of thioether (sulfide) groups is 1. The van der Waals surface area contributed by atoms with E-state index in [0.29, 0.717) is 11.3 Å². The highest BCUT2D eigenvalue weighted by atomic mass is 35.5. The molecule has 0 aromatic carbocycles. The van der Waals surface area contributed by atoms with Crippen molar-refractivity contribution >= 4 is 34.7 Å². The van der Waals surface area contributed by atoms with E-state index in [1.165, 1.54) is 23.5 Å². The summed E-state index contributed by atoms with van der Waals surface area (Å²) in [4.78, 5) is 1.32. The topological polar surface area (TPSA) is 38.0 Å². The number of halogens is 1. The van der Waals surface area contributed by atoms with E-state index in [9.17, 15) is 0 Å². The van der Waals surface area contributed by atoms with Crippen molar-refractivity contribution in [2.75, 3.05) is 5.75 Å². The molecule has 2 rings (SSSR count). The van der Waals surface area contributed by atoms with Crippen molar-refractivity contribution in [2.45, 2.75) is 30.6 Å². The predicted octanol–water partition coefficient (Wildman–Crippen LogP) is 2.67. The molecule has 1 fully saturated rings. The summed E-state index contributed by atoms with van der Waals surface area (Å²) in [5.74, 6) is 6.89. The van der Waals surface area contributed by atoms with Crippen molar-refractivity contribution in [3.05, 3.63) is 21.3 Å². The van der Waals surface area contributed by atoms with Crippen LogP contribution in [0.15, 0.2) is 12.1 Å². The van der Waals surface area contributed by atoms with Gasteiger partial charge >= 0.3 is 0 Å². The second-order valence-corrected chi connectivity index (χ2v) is 6.88. The molecule has 1 aromatic heterocycles. The average Bonchev–Trinajstić information content (AvgIpc) is 2.85. The van der Waals surface area contributed by atoms with Gasteiger partial charge in [0.25, 0.3) is 0 Å². The standard InChI is InChI=1S/C10H15ClN2S2/c11-10-4-3-7(15-10)6-8(13-12)9-2-1-5-14-9/h3-4,8-9,13H,1-2,5-6,12H2. The zero-order valence-electron chi connectivity index (χ0n) is 8.41. The minimum atomic E-state index is 0.382. The van der Waals surface area contributed by atoms with Crippen LogP contribution in [0.5, 0.6) is 0 Å². The van der Waals surface area contributed by atoms with Crippen molar-refractivity contribution < 1.29 is 0 Å². The molecule has 3 N–H and O–H groups in total. The molecule has 1 aliphatic heterocycles. The summed E-state index contributed by atoms with van der Waals surface area (Å²) >= 11 is 9.59. The van der Waals surface area contributed by atoms with Gasteiger partial charge in [0.15, 0.2) is 0 Å². The monoisotopic (exact) mass is 262 g/mol. The Bertz CT molecular complexity index is 310. The number of rotatable bonds is 4. The molecule has 1 aromatic rings. The van der Waals surface area contributed by atoms with Gasteiger partial charge in [0.1, 0.15) is 0 Å². The summed E-state index contributed by atoms with van der Waals surface area (Å²) in [7, 11) is 0. The van der Waals surface area contributed by atoms with Crippen molar-refractivity contribution in [3.63, 3.8) is 0 Å². The Hall–Kier alpha value is 0.260. The number of hydrazine groups is 1. The van der Waals surface area contributed by atoms with Crippen LogP contribution in [0.1, 0.15) is 17.7 Å². The van der Waals surface area contributed by atoms with Gasteiger partial charge in [-0.1, -0.05) is 11.6 Å². The van der Waals surface area contributed by atoms with E-state index >= 15 is 0 Å². The zero-order chi connectivity index (χ0) is 10.7. The molecule has 2 nitrogen and oxygen atoms in total.